The average molecular weight is 377 g/mol. The van der Waals surface area contributed by atoms with Crippen molar-refractivity contribution >= 4 is 5.57 Å². The van der Waals surface area contributed by atoms with Crippen LogP contribution < -0.4 is 0 Å². The van der Waals surface area contributed by atoms with E-state index in [1.165, 1.54) is 57.8 Å². The van der Waals surface area contributed by atoms with Crippen LogP contribution in [0.3, 0.4) is 0 Å². The van der Waals surface area contributed by atoms with Crippen LogP contribution in [-0.2, 0) is 6.42 Å². The third-order valence-corrected chi connectivity index (χ3v) is 4.29. The molecule has 1 aliphatic carbocycles. The molecule has 27 heavy (non-hydrogen) atoms. The van der Waals surface area contributed by atoms with Gasteiger partial charge in [0.2, 0.25) is 0 Å². The molecule has 0 radical (unpaired) electrons. The van der Waals surface area contributed by atoms with Crippen molar-refractivity contribution in [2.45, 2.75) is 127 Å². The molecule has 0 unspecified atom stereocenters. The van der Waals surface area contributed by atoms with Crippen LogP contribution in [0.15, 0.2) is 29.8 Å². The first-order chi connectivity index (χ1) is 13.4. The molecule has 0 nitrogen and oxygen atoms in total. The summed E-state index contributed by atoms with van der Waals surface area (Å²) in [6.45, 7) is 20.6. The maximum absolute atomic E-state index is 2.34. The number of benzene rings is 1. The minimum Gasteiger partial charge on any atom is -0.0683 e. The zero-order valence-corrected chi connectivity index (χ0v) is 20.7. The normalized spacial score (nSPS) is 10.7. The van der Waals surface area contributed by atoms with Gasteiger partial charge in [-0.25, -0.2) is 0 Å². The molecule has 0 spiro atoms. The molecule has 0 N–H and O–H groups in total. The summed E-state index contributed by atoms with van der Waals surface area (Å²) >= 11 is 0. The zero-order chi connectivity index (χ0) is 21.5. The lowest BCUT2D eigenvalue weighted by molar-refractivity contribution is 0.702. The predicted molar refractivity (Wildman–Crippen MR) is 131 cm³/mol. The summed E-state index contributed by atoms with van der Waals surface area (Å²) in [6.07, 6.45) is 12.0. The number of unbranched alkanes of at least 4 members (excludes halogenated alkanes) is 4. The first-order valence-corrected chi connectivity index (χ1v) is 12.2. The fourth-order valence-corrected chi connectivity index (χ4v) is 3.19. The van der Waals surface area contributed by atoms with E-state index in [1.807, 2.05) is 55.4 Å². The molecule has 0 aliphatic heterocycles. The second-order valence-corrected chi connectivity index (χ2v) is 5.83. The Bertz CT molecular complexity index is 425. The Morgan fingerprint density at radius 3 is 1.63 bits per heavy atom. The Kier molecular flexibility index (Phi) is 28.4. The highest BCUT2D eigenvalue weighted by Gasteiger charge is 2.19. The molecule has 0 heterocycles. The molecule has 1 aromatic rings. The molecule has 0 amide bonds. The topological polar surface area (TPSA) is 0 Å². The van der Waals surface area contributed by atoms with E-state index < -0.39 is 0 Å². The van der Waals surface area contributed by atoms with Gasteiger partial charge in [0.1, 0.15) is 0 Å². The van der Waals surface area contributed by atoms with Crippen molar-refractivity contribution in [2.75, 3.05) is 0 Å². The summed E-state index contributed by atoms with van der Waals surface area (Å²) in [5.74, 6) is 0. The van der Waals surface area contributed by atoms with Crippen LogP contribution in [0.5, 0.6) is 0 Å². The van der Waals surface area contributed by atoms with Crippen LogP contribution in [0.4, 0.5) is 0 Å². The molecule has 160 valence electrons. The van der Waals surface area contributed by atoms with Gasteiger partial charge in [0, 0.05) is 0 Å². The minimum atomic E-state index is 1.22. The fourth-order valence-electron chi connectivity index (χ4n) is 3.19. The highest BCUT2D eigenvalue weighted by Crippen LogP contribution is 2.38. The molecular weight excluding hydrogens is 324 g/mol. The molecule has 1 aliphatic rings. The van der Waals surface area contributed by atoms with Gasteiger partial charge >= 0.3 is 0 Å². The van der Waals surface area contributed by atoms with E-state index in [4.69, 9.17) is 0 Å². The second-order valence-electron chi connectivity index (χ2n) is 5.83. The van der Waals surface area contributed by atoms with Crippen LogP contribution in [0.2, 0.25) is 0 Å². The number of hydrogen-bond donors (Lipinski definition) is 0. The van der Waals surface area contributed by atoms with Crippen LogP contribution in [-0.4, -0.2) is 0 Å². The summed E-state index contributed by atoms with van der Waals surface area (Å²) < 4.78 is 0. The summed E-state index contributed by atoms with van der Waals surface area (Å²) in [6, 6.07) is 9.05. The van der Waals surface area contributed by atoms with Gasteiger partial charge in [-0.3, -0.25) is 0 Å². The van der Waals surface area contributed by atoms with E-state index in [2.05, 4.69) is 38.1 Å². The van der Waals surface area contributed by atoms with E-state index in [0.717, 1.165) is 0 Å². The Morgan fingerprint density at radius 2 is 1.11 bits per heavy atom. The van der Waals surface area contributed by atoms with E-state index in [1.54, 1.807) is 22.3 Å². The average Bonchev–Trinajstić information content (AvgIpc) is 3.12. The van der Waals surface area contributed by atoms with Gasteiger partial charge in [-0.1, -0.05) is 125 Å². The van der Waals surface area contributed by atoms with Crippen LogP contribution in [0.25, 0.3) is 5.57 Å². The summed E-state index contributed by atoms with van der Waals surface area (Å²) in [7, 11) is 0. The van der Waals surface area contributed by atoms with Gasteiger partial charge < -0.3 is 0 Å². The molecule has 2 rings (SSSR count). The minimum absolute atomic E-state index is 1.22. The second kappa shape index (κ2) is 25.0. The molecular formula is C27H52. The summed E-state index contributed by atoms with van der Waals surface area (Å²) in [4.78, 5) is 0. The first kappa shape index (κ1) is 30.7. The Morgan fingerprint density at radius 1 is 0.630 bits per heavy atom. The smallest absolute Gasteiger partial charge is 0.00550 e. The van der Waals surface area contributed by atoms with Crippen molar-refractivity contribution in [3.8, 4) is 0 Å². The van der Waals surface area contributed by atoms with Crippen molar-refractivity contribution in [1.82, 2.24) is 0 Å². The largest absolute Gasteiger partial charge is 0.0683 e. The predicted octanol–water partition coefficient (Wildman–Crippen LogP) is 10.3. The summed E-state index contributed by atoms with van der Waals surface area (Å²) in [5.41, 5.74) is 6.57. The standard InChI is InChI=1S/C19H28.4C2H6/c1-3-5-7-11-16-15-17-12-9-10-14-19(17)18(16)13-8-6-4-2;4*1-2/h9-10,12,14H,3-8,11,13,15H2,1-2H3;4*1-2H3. The van der Waals surface area contributed by atoms with Crippen LogP contribution in [0, 0.1) is 0 Å². The van der Waals surface area contributed by atoms with Crippen molar-refractivity contribution < 1.29 is 0 Å². The van der Waals surface area contributed by atoms with Crippen molar-refractivity contribution in [1.29, 1.82) is 0 Å². The van der Waals surface area contributed by atoms with E-state index in [-0.39, 0.29) is 0 Å². The quantitative estimate of drug-likeness (QED) is 0.396. The number of hydrogen-bond acceptors (Lipinski definition) is 0. The van der Waals surface area contributed by atoms with Gasteiger partial charge in [-0.15, -0.1) is 0 Å². The fraction of sp³-hybridized carbons (Fsp3) is 0.704. The van der Waals surface area contributed by atoms with Crippen molar-refractivity contribution in [3.05, 3.63) is 41.0 Å². The highest BCUT2D eigenvalue weighted by atomic mass is 14.2. The molecule has 0 bridgehead atoms. The lowest BCUT2D eigenvalue weighted by Gasteiger charge is -2.08. The van der Waals surface area contributed by atoms with Gasteiger partial charge in [-0.05, 0) is 48.8 Å². The molecule has 0 fully saturated rings. The monoisotopic (exact) mass is 376 g/mol. The summed E-state index contributed by atoms with van der Waals surface area (Å²) in [5, 5.41) is 0. The maximum Gasteiger partial charge on any atom is -0.00550 e. The van der Waals surface area contributed by atoms with Crippen LogP contribution >= 0.6 is 0 Å². The van der Waals surface area contributed by atoms with Gasteiger partial charge in [0.25, 0.3) is 0 Å². The maximum atomic E-state index is 2.34. The van der Waals surface area contributed by atoms with Crippen molar-refractivity contribution in [3.63, 3.8) is 0 Å². The molecule has 1 aromatic carbocycles. The molecule has 0 aromatic heterocycles. The molecule has 0 heteroatoms. The van der Waals surface area contributed by atoms with Gasteiger partial charge in [0.05, 0.1) is 0 Å². The third kappa shape index (κ3) is 12.9. The third-order valence-electron chi connectivity index (χ3n) is 4.29. The van der Waals surface area contributed by atoms with Crippen LogP contribution in [0.1, 0.15) is 132 Å². The lowest BCUT2D eigenvalue weighted by Crippen LogP contribution is -1.88. The highest BCUT2D eigenvalue weighted by molar-refractivity contribution is 5.76. The molecule has 0 saturated carbocycles. The van der Waals surface area contributed by atoms with Gasteiger partial charge in [0.15, 0.2) is 0 Å². The Hall–Kier alpha value is -1.04. The zero-order valence-electron chi connectivity index (χ0n) is 20.7. The molecule has 0 saturated heterocycles. The van der Waals surface area contributed by atoms with E-state index >= 15 is 0 Å². The van der Waals surface area contributed by atoms with Crippen molar-refractivity contribution in [2.24, 2.45) is 0 Å². The Balaban J connectivity index is -0.000000638. The number of fused-ring (bicyclic) bond motifs is 1. The number of allylic oxidation sites excluding steroid dienone is 2. The SMILES string of the molecule is CC.CC.CC.CC.CCCCCC1=C(CCCCC)c2ccccc2C1. The van der Waals surface area contributed by atoms with E-state index in [9.17, 15) is 0 Å². The first-order valence-electron chi connectivity index (χ1n) is 12.2. The number of rotatable bonds is 8. The van der Waals surface area contributed by atoms with E-state index in [0.29, 0.717) is 0 Å². The molecule has 0 atom stereocenters. The van der Waals surface area contributed by atoms with Gasteiger partial charge in [-0.2, -0.15) is 0 Å². The Labute approximate surface area is 173 Å². The lowest BCUT2D eigenvalue weighted by atomic mass is 9.97.